The minimum atomic E-state index is -4.29. The SMILES string of the molecule is Nc1ccsc1CNc1ccccc1SC(F)(F)F. The molecule has 1 aromatic heterocycles. The number of thiophene rings is 1. The lowest BCUT2D eigenvalue weighted by atomic mass is 10.3. The van der Waals surface area contributed by atoms with E-state index in [1.165, 1.54) is 17.4 Å². The summed E-state index contributed by atoms with van der Waals surface area (Å²) >= 11 is 1.35. The monoisotopic (exact) mass is 304 g/mol. The van der Waals surface area contributed by atoms with Crippen LogP contribution in [0, 0.1) is 0 Å². The highest BCUT2D eigenvalue weighted by Gasteiger charge is 2.30. The molecule has 0 aliphatic carbocycles. The molecule has 2 aromatic rings. The van der Waals surface area contributed by atoms with Gasteiger partial charge in [0.2, 0.25) is 0 Å². The van der Waals surface area contributed by atoms with Gasteiger partial charge in [0.05, 0.1) is 6.54 Å². The molecule has 0 aliphatic rings. The lowest BCUT2D eigenvalue weighted by molar-refractivity contribution is -0.0327. The maximum atomic E-state index is 12.4. The predicted molar refractivity (Wildman–Crippen MR) is 74.4 cm³/mol. The number of nitrogen functional groups attached to an aromatic ring is 1. The fourth-order valence-corrected chi connectivity index (χ4v) is 2.88. The van der Waals surface area contributed by atoms with Crippen molar-refractivity contribution >= 4 is 34.5 Å². The number of nitrogens with one attached hydrogen (secondary N) is 1. The number of alkyl halides is 3. The van der Waals surface area contributed by atoms with E-state index in [1.807, 2.05) is 5.38 Å². The van der Waals surface area contributed by atoms with Gasteiger partial charge in [0.15, 0.2) is 0 Å². The second kappa shape index (κ2) is 5.75. The standard InChI is InChI=1S/C12H11F3N2S2/c13-12(14,15)19-10-4-2-1-3-9(10)17-7-11-8(16)5-6-18-11/h1-6,17H,7,16H2. The molecule has 0 bridgehead atoms. The highest BCUT2D eigenvalue weighted by Crippen LogP contribution is 2.40. The average Bonchev–Trinajstić information content (AvgIpc) is 2.72. The number of nitrogens with two attached hydrogens (primary N) is 1. The van der Waals surface area contributed by atoms with Crippen molar-refractivity contribution in [2.45, 2.75) is 16.9 Å². The van der Waals surface area contributed by atoms with Crippen molar-refractivity contribution in [2.75, 3.05) is 11.1 Å². The molecule has 0 amide bonds. The Kier molecular flexibility index (Phi) is 4.26. The minimum absolute atomic E-state index is 0.122. The summed E-state index contributed by atoms with van der Waals surface area (Å²) in [6, 6.07) is 8.12. The molecule has 3 N–H and O–H groups in total. The van der Waals surface area contributed by atoms with Crippen molar-refractivity contribution in [2.24, 2.45) is 0 Å². The molecule has 0 saturated heterocycles. The number of thioether (sulfide) groups is 1. The summed E-state index contributed by atoms with van der Waals surface area (Å²) in [4.78, 5) is 1.07. The molecule has 0 spiro atoms. The molecular formula is C12H11F3N2S2. The van der Waals surface area contributed by atoms with Crippen molar-refractivity contribution in [3.8, 4) is 0 Å². The molecule has 0 aliphatic heterocycles. The van der Waals surface area contributed by atoms with Crippen LogP contribution in [0.15, 0.2) is 40.6 Å². The summed E-state index contributed by atoms with van der Waals surface area (Å²) in [6.07, 6.45) is 0. The number of halogens is 3. The van der Waals surface area contributed by atoms with Crippen LogP contribution in [0.1, 0.15) is 4.88 Å². The van der Waals surface area contributed by atoms with E-state index in [4.69, 9.17) is 5.73 Å². The number of hydrogen-bond acceptors (Lipinski definition) is 4. The maximum Gasteiger partial charge on any atom is 0.446 e. The number of benzene rings is 1. The van der Waals surface area contributed by atoms with E-state index < -0.39 is 5.51 Å². The third-order valence-corrected chi connectivity index (χ3v) is 4.08. The molecule has 0 unspecified atom stereocenters. The van der Waals surface area contributed by atoms with Crippen LogP contribution >= 0.6 is 23.1 Å². The van der Waals surface area contributed by atoms with E-state index >= 15 is 0 Å². The van der Waals surface area contributed by atoms with Gasteiger partial charge >= 0.3 is 5.51 Å². The van der Waals surface area contributed by atoms with Gasteiger partial charge in [-0.3, -0.25) is 0 Å². The van der Waals surface area contributed by atoms with Crippen molar-refractivity contribution in [1.29, 1.82) is 0 Å². The van der Waals surface area contributed by atoms with Crippen molar-refractivity contribution in [3.63, 3.8) is 0 Å². The minimum Gasteiger partial charge on any atom is -0.398 e. The number of anilines is 2. The van der Waals surface area contributed by atoms with Gasteiger partial charge in [0.1, 0.15) is 0 Å². The Bertz CT molecular complexity index is 552. The molecular weight excluding hydrogens is 293 g/mol. The van der Waals surface area contributed by atoms with Crippen LogP contribution in [0.5, 0.6) is 0 Å². The van der Waals surface area contributed by atoms with Crippen LogP contribution in [0.3, 0.4) is 0 Å². The smallest absolute Gasteiger partial charge is 0.398 e. The van der Waals surface area contributed by atoms with E-state index in [9.17, 15) is 13.2 Å². The summed E-state index contributed by atoms with van der Waals surface area (Å²) in [5.41, 5.74) is 2.55. The van der Waals surface area contributed by atoms with E-state index in [2.05, 4.69) is 5.32 Å². The summed E-state index contributed by atoms with van der Waals surface area (Å²) in [7, 11) is 0. The van der Waals surface area contributed by atoms with Crippen LogP contribution in [0.2, 0.25) is 0 Å². The van der Waals surface area contributed by atoms with Gasteiger partial charge in [-0.25, -0.2) is 0 Å². The fraction of sp³-hybridized carbons (Fsp3) is 0.167. The van der Waals surface area contributed by atoms with Gasteiger partial charge in [-0.15, -0.1) is 11.3 Å². The van der Waals surface area contributed by atoms with Gasteiger partial charge in [0, 0.05) is 21.1 Å². The third-order valence-electron chi connectivity index (χ3n) is 2.33. The first-order chi connectivity index (χ1) is 8.96. The largest absolute Gasteiger partial charge is 0.446 e. The van der Waals surface area contributed by atoms with Gasteiger partial charge in [-0.05, 0) is 35.3 Å². The van der Waals surface area contributed by atoms with Gasteiger partial charge in [0.25, 0.3) is 0 Å². The normalized spacial score (nSPS) is 11.5. The van der Waals surface area contributed by atoms with E-state index in [0.717, 1.165) is 4.88 Å². The van der Waals surface area contributed by atoms with Gasteiger partial charge in [-0.2, -0.15) is 13.2 Å². The highest BCUT2D eigenvalue weighted by molar-refractivity contribution is 8.00. The predicted octanol–water partition coefficient (Wildman–Crippen LogP) is 4.55. The second-order valence-corrected chi connectivity index (χ2v) is 5.80. The van der Waals surface area contributed by atoms with Crippen LogP contribution in [-0.2, 0) is 6.54 Å². The molecule has 102 valence electrons. The Hall–Kier alpha value is -1.34. The Morgan fingerprint density at radius 3 is 2.58 bits per heavy atom. The first-order valence-corrected chi connectivity index (χ1v) is 7.06. The molecule has 2 rings (SSSR count). The summed E-state index contributed by atoms with van der Waals surface area (Å²) < 4.78 is 37.2. The zero-order valence-corrected chi connectivity index (χ0v) is 11.3. The zero-order chi connectivity index (χ0) is 13.9. The van der Waals surface area contributed by atoms with Crippen molar-refractivity contribution < 1.29 is 13.2 Å². The molecule has 1 heterocycles. The quantitative estimate of drug-likeness (QED) is 0.814. The van der Waals surface area contributed by atoms with E-state index in [1.54, 1.807) is 24.3 Å². The van der Waals surface area contributed by atoms with Crippen molar-refractivity contribution in [3.05, 3.63) is 40.6 Å². The van der Waals surface area contributed by atoms with Crippen LogP contribution in [0.25, 0.3) is 0 Å². The summed E-state index contributed by atoms with van der Waals surface area (Å²) in [5, 5.41) is 4.84. The fourth-order valence-electron chi connectivity index (χ4n) is 1.50. The van der Waals surface area contributed by atoms with Crippen LogP contribution in [-0.4, -0.2) is 5.51 Å². The highest BCUT2D eigenvalue weighted by atomic mass is 32.2. The van der Waals surface area contributed by atoms with Gasteiger partial charge < -0.3 is 11.1 Å². The zero-order valence-electron chi connectivity index (χ0n) is 9.70. The lowest BCUT2D eigenvalue weighted by Crippen LogP contribution is -2.04. The third kappa shape index (κ3) is 4.07. The number of para-hydroxylation sites is 1. The average molecular weight is 304 g/mol. The van der Waals surface area contributed by atoms with E-state index in [0.29, 0.717) is 17.9 Å². The molecule has 1 aromatic carbocycles. The lowest BCUT2D eigenvalue weighted by Gasteiger charge is -2.12. The summed E-state index contributed by atoms with van der Waals surface area (Å²) in [5.74, 6) is 0. The Morgan fingerprint density at radius 1 is 1.21 bits per heavy atom. The van der Waals surface area contributed by atoms with Crippen molar-refractivity contribution in [1.82, 2.24) is 0 Å². The van der Waals surface area contributed by atoms with Crippen LogP contribution in [0.4, 0.5) is 24.5 Å². The Balaban J connectivity index is 2.10. The molecule has 0 fully saturated rings. The number of hydrogen-bond donors (Lipinski definition) is 2. The first-order valence-electron chi connectivity index (χ1n) is 5.36. The molecule has 0 atom stereocenters. The molecule has 0 saturated carbocycles. The molecule has 2 nitrogen and oxygen atoms in total. The summed E-state index contributed by atoms with van der Waals surface area (Å²) in [6.45, 7) is 0.416. The Morgan fingerprint density at radius 2 is 1.95 bits per heavy atom. The molecule has 0 radical (unpaired) electrons. The molecule has 7 heteroatoms. The van der Waals surface area contributed by atoms with Crippen LogP contribution < -0.4 is 11.1 Å². The molecule has 19 heavy (non-hydrogen) atoms. The maximum absolute atomic E-state index is 12.4. The number of rotatable bonds is 4. The Labute approximate surface area is 116 Å². The first kappa shape index (κ1) is 14.1. The van der Waals surface area contributed by atoms with Gasteiger partial charge in [-0.1, -0.05) is 12.1 Å². The topological polar surface area (TPSA) is 38.0 Å². The van der Waals surface area contributed by atoms with E-state index in [-0.39, 0.29) is 16.7 Å². The second-order valence-electron chi connectivity index (χ2n) is 3.70.